The molecular weight excluding hydrogens is 381 g/mol. The van der Waals surface area contributed by atoms with E-state index in [1.807, 2.05) is 26.8 Å². The van der Waals surface area contributed by atoms with Gasteiger partial charge in [0.05, 0.1) is 0 Å². The number of hydrogen-bond donors (Lipinski definition) is 1. The Morgan fingerprint density at radius 3 is 2.23 bits per heavy atom. The van der Waals surface area contributed by atoms with Gasteiger partial charge in [-0.3, -0.25) is 0 Å². The highest BCUT2D eigenvalue weighted by Gasteiger charge is 2.26. The molecule has 166 valence electrons. The van der Waals surface area contributed by atoms with Crippen LogP contribution in [-0.2, 0) is 5.41 Å². The molecule has 3 rings (SSSR count). The Morgan fingerprint density at radius 1 is 1.03 bits per heavy atom. The third-order valence-corrected chi connectivity index (χ3v) is 6.33. The van der Waals surface area contributed by atoms with E-state index in [0.29, 0.717) is 0 Å². The summed E-state index contributed by atoms with van der Waals surface area (Å²) in [5.41, 5.74) is 10.3. The summed E-state index contributed by atoms with van der Waals surface area (Å²) in [5, 5.41) is 3.48. The molecule has 0 unspecified atom stereocenters. The van der Waals surface area contributed by atoms with Crippen molar-refractivity contribution in [1.29, 1.82) is 0 Å². The number of fused-ring (bicyclic) bond motifs is 1. The van der Waals surface area contributed by atoms with Gasteiger partial charge >= 0.3 is 0 Å². The molecule has 0 spiro atoms. The van der Waals surface area contributed by atoms with Crippen molar-refractivity contribution in [2.75, 3.05) is 5.32 Å². The van der Waals surface area contributed by atoms with Crippen LogP contribution in [0.4, 0.5) is 10.1 Å². The van der Waals surface area contributed by atoms with Gasteiger partial charge in [0.25, 0.3) is 0 Å². The summed E-state index contributed by atoms with van der Waals surface area (Å²) in [4.78, 5) is 0. The fraction of sp³-hybridized carbons (Fsp3) is 0.379. The Labute approximate surface area is 188 Å². The Balaban J connectivity index is 0.00000166. The first-order valence-corrected chi connectivity index (χ1v) is 11.4. The molecule has 2 aromatic rings. The number of nitrogens with one attached hydrogen (secondary N) is 1. The lowest BCUT2D eigenvalue weighted by Gasteiger charge is -2.29. The van der Waals surface area contributed by atoms with Crippen molar-refractivity contribution >= 4 is 11.3 Å². The van der Waals surface area contributed by atoms with E-state index >= 15 is 4.39 Å². The van der Waals surface area contributed by atoms with E-state index in [-0.39, 0.29) is 11.2 Å². The van der Waals surface area contributed by atoms with Gasteiger partial charge in [0, 0.05) is 16.9 Å². The quantitative estimate of drug-likeness (QED) is 0.521. The van der Waals surface area contributed by atoms with Crippen molar-refractivity contribution in [3.63, 3.8) is 0 Å². The van der Waals surface area contributed by atoms with E-state index in [4.69, 9.17) is 0 Å². The van der Waals surface area contributed by atoms with Crippen LogP contribution in [-0.4, -0.2) is 0 Å². The summed E-state index contributed by atoms with van der Waals surface area (Å²) in [6.07, 6.45) is 5.07. The second kappa shape index (κ2) is 9.68. The van der Waals surface area contributed by atoms with Crippen LogP contribution < -0.4 is 5.32 Å². The fourth-order valence-corrected chi connectivity index (χ4v) is 4.17. The van der Waals surface area contributed by atoms with E-state index in [0.717, 1.165) is 56.8 Å². The molecule has 0 saturated heterocycles. The van der Waals surface area contributed by atoms with Crippen LogP contribution in [0, 0.1) is 19.7 Å². The summed E-state index contributed by atoms with van der Waals surface area (Å²) in [6.45, 7) is 22.8. The van der Waals surface area contributed by atoms with Gasteiger partial charge in [0.15, 0.2) is 0 Å². The van der Waals surface area contributed by atoms with Crippen LogP contribution in [0.1, 0.15) is 77.1 Å². The number of allylic oxidation sites excluding steroid dienone is 4. The lowest BCUT2D eigenvalue weighted by molar-refractivity contribution is 0.469. The molecule has 2 aromatic carbocycles. The maximum atomic E-state index is 15.2. The predicted molar refractivity (Wildman–Crippen MR) is 136 cm³/mol. The largest absolute Gasteiger partial charge is 0.355 e. The normalized spacial score (nSPS) is 13.7. The zero-order valence-corrected chi connectivity index (χ0v) is 20.8. The van der Waals surface area contributed by atoms with Crippen LogP contribution in [0.25, 0.3) is 16.7 Å². The maximum Gasteiger partial charge on any atom is 0.127 e. The van der Waals surface area contributed by atoms with Gasteiger partial charge in [0.1, 0.15) is 5.82 Å². The molecule has 0 amide bonds. The average Bonchev–Trinajstić information content (AvgIpc) is 2.73. The van der Waals surface area contributed by atoms with Crippen molar-refractivity contribution in [3.8, 4) is 11.1 Å². The van der Waals surface area contributed by atoms with Crippen LogP contribution in [0.3, 0.4) is 0 Å². The standard InChI is InChI=1S/C27H32FN.C2H6/c1-9-11-21-18(5)19(6)29-26-17(4)14-16(3)24(25(21)26)20-12-13-22(23(28)15-20)27(7,8)10-2;1-2/h9,11-15,29H,6,10H2,1-5,7-8H3;1-2H3/b11-9-;. The summed E-state index contributed by atoms with van der Waals surface area (Å²) in [5.74, 6) is -0.135. The number of halogens is 1. The predicted octanol–water partition coefficient (Wildman–Crippen LogP) is 9.11. The third-order valence-electron chi connectivity index (χ3n) is 6.33. The topological polar surface area (TPSA) is 12.0 Å². The molecule has 1 N–H and O–H groups in total. The number of aryl methyl sites for hydroxylation is 2. The molecule has 0 aromatic heterocycles. The Bertz CT molecular complexity index is 1050. The molecule has 1 aliphatic heterocycles. The summed E-state index contributed by atoms with van der Waals surface area (Å²) in [6, 6.07) is 7.90. The molecule has 2 heteroatoms. The third kappa shape index (κ3) is 4.54. The average molecular weight is 420 g/mol. The molecule has 0 atom stereocenters. The van der Waals surface area contributed by atoms with Crippen molar-refractivity contribution in [2.24, 2.45) is 0 Å². The van der Waals surface area contributed by atoms with E-state index in [9.17, 15) is 0 Å². The van der Waals surface area contributed by atoms with Crippen LogP contribution in [0.5, 0.6) is 0 Å². The fourth-order valence-electron chi connectivity index (χ4n) is 4.17. The molecule has 0 saturated carbocycles. The van der Waals surface area contributed by atoms with Gasteiger partial charge in [-0.15, -0.1) is 0 Å². The molecule has 0 bridgehead atoms. The molecule has 1 heterocycles. The molecule has 1 aliphatic rings. The molecule has 0 fully saturated rings. The Hall–Kier alpha value is -2.61. The number of anilines is 1. The van der Waals surface area contributed by atoms with E-state index in [1.165, 1.54) is 5.56 Å². The number of rotatable bonds is 4. The van der Waals surface area contributed by atoms with Gasteiger partial charge in [0.2, 0.25) is 0 Å². The summed E-state index contributed by atoms with van der Waals surface area (Å²) < 4.78 is 15.2. The number of benzene rings is 2. The van der Waals surface area contributed by atoms with Gasteiger partial charge in [-0.25, -0.2) is 4.39 Å². The molecular formula is C29H38FN. The number of hydrogen-bond acceptors (Lipinski definition) is 1. The summed E-state index contributed by atoms with van der Waals surface area (Å²) >= 11 is 0. The first kappa shape index (κ1) is 24.7. The van der Waals surface area contributed by atoms with Crippen LogP contribution in [0.15, 0.2) is 54.3 Å². The lowest BCUT2D eigenvalue weighted by atomic mass is 9.79. The van der Waals surface area contributed by atoms with E-state index < -0.39 is 0 Å². The summed E-state index contributed by atoms with van der Waals surface area (Å²) in [7, 11) is 0. The van der Waals surface area contributed by atoms with Crippen LogP contribution >= 0.6 is 0 Å². The minimum Gasteiger partial charge on any atom is -0.355 e. The van der Waals surface area contributed by atoms with Crippen LogP contribution in [0.2, 0.25) is 0 Å². The van der Waals surface area contributed by atoms with Gasteiger partial charge in [-0.1, -0.05) is 71.5 Å². The second-order valence-corrected chi connectivity index (χ2v) is 8.71. The minimum absolute atomic E-state index is 0.135. The first-order chi connectivity index (χ1) is 14.6. The van der Waals surface area contributed by atoms with Gasteiger partial charge in [-0.05, 0) is 84.6 Å². The monoisotopic (exact) mass is 419 g/mol. The van der Waals surface area contributed by atoms with Crippen molar-refractivity contribution in [3.05, 3.63) is 82.3 Å². The van der Waals surface area contributed by atoms with Gasteiger partial charge in [-0.2, -0.15) is 0 Å². The second-order valence-electron chi connectivity index (χ2n) is 8.71. The minimum atomic E-state index is -0.184. The highest BCUT2D eigenvalue weighted by atomic mass is 19.1. The zero-order chi connectivity index (χ0) is 23.5. The van der Waals surface area contributed by atoms with Crippen molar-refractivity contribution in [2.45, 2.75) is 74.1 Å². The zero-order valence-electron chi connectivity index (χ0n) is 20.8. The van der Waals surface area contributed by atoms with E-state index in [2.05, 4.69) is 77.7 Å². The lowest BCUT2D eigenvalue weighted by Crippen LogP contribution is -2.17. The maximum absolute atomic E-state index is 15.2. The van der Waals surface area contributed by atoms with Crippen molar-refractivity contribution < 1.29 is 4.39 Å². The van der Waals surface area contributed by atoms with Gasteiger partial charge < -0.3 is 5.32 Å². The molecule has 0 radical (unpaired) electrons. The SMILES string of the molecule is C=C1Nc2c(C)cc(C)c(-c3ccc(C(C)(C)CC)c(F)c3)c2C(/C=C\C)=C1C.CC. The highest BCUT2D eigenvalue weighted by molar-refractivity contribution is 5.99. The first-order valence-electron chi connectivity index (χ1n) is 11.4. The highest BCUT2D eigenvalue weighted by Crippen LogP contribution is 2.45. The Morgan fingerprint density at radius 2 is 1.68 bits per heavy atom. The molecule has 1 nitrogen and oxygen atoms in total. The molecule has 31 heavy (non-hydrogen) atoms. The van der Waals surface area contributed by atoms with Crippen molar-refractivity contribution in [1.82, 2.24) is 0 Å². The van der Waals surface area contributed by atoms with E-state index in [1.54, 1.807) is 6.07 Å². The Kier molecular flexibility index (Phi) is 7.70. The molecule has 0 aliphatic carbocycles. The smallest absolute Gasteiger partial charge is 0.127 e.